The van der Waals surface area contributed by atoms with Gasteiger partial charge in [-0.2, -0.15) is 0 Å². The Morgan fingerprint density at radius 2 is 2.19 bits per heavy atom. The van der Waals surface area contributed by atoms with Crippen LogP contribution in [0.5, 0.6) is 0 Å². The van der Waals surface area contributed by atoms with E-state index in [1.165, 1.54) is 0 Å². The van der Waals surface area contributed by atoms with E-state index in [0.717, 1.165) is 24.0 Å². The van der Waals surface area contributed by atoms with Gasteiger partial charge in [-0.3, -0.25) is 9.80 Å². The van der Waals surface area contributed by atoms with Crippen LogP contribution in [-0.2, 0) is 11.5 Å². The van der Waals surface area contributed by atoms with Gasteiger partial charge in [0.1, 0.15) is 12.2 Å². The summed E-state index contributed by atoms with van der Waals surface area (Å²) in [6, 6.07) is 7.80. The van der Waals surface area contributed by atoms with Crippen LogP contribution in [0.3, 0.4) is 0 Å². The molecule has 1 unspecified atom stereocenters. The zero-order valence-corrected chi connectivity index (χ0v) is 11.5. The van der Waals surface area contributed by atoms with E-state index >= 15 is 0 Å². The largest absolute Gasteiger partial charge is 0.317 e. The van der Waals surface area contributed by atoms with Crippen molar-refractivity contribution in [2.75, 3.05) is 13.1 Å². The van der Waals surface area contributed by atoms with Gasteiger partial charge < -0.3 is 4.90 Å². The highest BCUT2D eigenvalue weighted by Crippen LogP contribution is 2.20. The Bertz CT molecular complexity index is 709. The van der Waals surface area contributed by atoms with Gasteiger partial charge in [0.15, 0.2) is 6.17 Å². The molecule has 2 aliphatic heterocycles. The molecule has 108 valence electrons. The first kappa shape index (κ1) is 12.2. The van der Waals surface area contributed by atoms with E-state index in [0.29, 0.717) is 19.6 Å². The van der Waals surface area contributed by atoms with Crippen molar-refractivity contribution in [2.45, 2.75) is 25.7 Å². The van der Waals surface area contributed by atoms with Crippen molar-refractivity contribution < 1.29 is 4.79 Å². The van der Waals surface area contributed by atoms with E-state index in [1.54, 1.807) is 4.68 Å². The molecule has 0 aliphatic carbocycles. The van der Waals surface area contributed by atoms with Crippen LogP contribution < -0.4 is 0 Å². The van der Waals surface area contributed by atoms with Crippen molar-refractivity contribution in [3.8, 4) is 0 Å². The maximum absolute atomic E-state index is 11.7. The van der Waals surface area contributed by atoms with Gasteiger partial charge in [0.05, 0.1) is 12.1 Å². The molecule has 8 nitrogen and oxygen atoms in total. The van der Waals surface area contributed by atoms with Crippen molar-refractivity contribution in [2.24, 2.45) is 10.3 Å². The third-order valence-corrected chi connectivity index (χ3v) is 3.87. The van der Waals surface area contributed by atoms with Crippen LogP contribution in [0, 0.1) is 0 Å². The summed E-state index contributed by atoms with van der Waals surface area (Å²) < 4.78 is 1.79. The summed E-state index contributed by atoms with van der Waals surface area (Å²) in [5, 5.41) is 18.4. The molecule has 4 rings (SSSR count). The average molecular weight is 285 g/mol. The zero-order valence-electron chi connectivity index (χ0n) is 11.5. The average Bonchev–Trinajstić information content (AvgIpc) is 3.20. The Labute approximate surface area is 121 Å². The van der Waals surface area contributed by atoms with Crippen LogP contribution >= 0.6 is 0 Å². The Morgan fingerprint density at radius 1 is 1.29 bits per heavy atom. The Balaban J connectivity index is 1.47. The highest BCUT2D eigenvalue weighted by atomic mass is 16.2. The first-order valence-corrected chi connectivity index (χ1v) is 7.05. The molecule has 0 spiro atoms. The molecular formula is C13H15N7O. The molecule has 1 amide bonds. The molecule has 0 bridgehead atoms. The van der Waals surface area contributed by atoms with Crippen LogP contribution in [-0.4, -0.2) is 50.1 Å². The molecule has 0 saturated carbocycles. The second kappa shape index (κ2) is 4.80. The van der Waals surface area contributed by atoms with Crippen molar-refractivity contribution in [3.63, 3.8) is 0 Å². The predicted octanol–water partition coefficient (Wildman–Crippen LogP) is 1.02. The van der Waals surface area contributed by atoms with E-state index in [4.69, 9.17) is 0 Å². The number of fused-ring (bicyclic) bond motifs is 1. The molecule has 0 radical (unpaired) electrons. The summed E-state index contributed by atoms with van der Waals surface area (Å²) in [4.78, 5) is 13.5. The van der Waals surface area contributed by atoms with Crippen LogP contribution in [0.4, 0.5) is 0 Å². The molecule has 2 aromatic rings. The zero-order chi connectivity index (χ0) is 14.2. The van der Waals surface area contributed by atoms with Crippen LogP contribution in [0.1, 0.15) is 12.8 Å². The Hall–Kier alpha value is -2.51. The van der Waals surface area contributed by atoms with E-state index in [9.17, 15) is 4.79 Å². The van der Waals surface area contributed by atoms with Crippen LogP contribution in [0.25, 0.3) is 11.0 Å². The predicted molar refractivity (Wildman–Crippen MR) is 73.8 cm³/mol. The number of carbonyl (C=O) groups is 1. The first-order valence-electron chi connectivity index (χ1n) is 7.05. The van der Waals surface area contributed by atoms with Gasteiger partial charge in [0.2, 0.25) is 5.91 Å². The van der Waals surface area contributed by atoms with Gasteiger partial charge in [-0.15, -0.1) is 10.2 Å². The third kappa shape index (κ3) is 2.12. The van der Waals surface area contributed by atoms with Crippen molar-refractivity contribution in [3.05, 3.63) is 24.3 Å². The molecule has 8 heteroatoms. The number of rotatable bonds is 3. The molecule has 1 saturated heterocycles. The SMILES string of the molecule is O=C1CCCN1C1CN(Cn2nnc3ccccc32)N=N1. The molecular weight excluding hydrogens is 270 g/mol. The number of nitrogens with zero attached hydrogens (tertiary/aromatic N) is 7. The Kier molecular flexibility index (Phi) is 2.80. The van der Waals surface area contributed by atoms with E-state index in [2.05, 4.69) is 20.6 Å². The lowest BCUT2D eigenvalue weighted by atomic mass is 10.3. The fraction of sp³-hybridized carbons (Fsp3) is 0.462. The van der Waals surface area contributed by atoms with Gasteiger partial charge in [-0.05, 0) is 18.6 Å². The molecule has 3 heterocycles. The number of carbonyl (C=O) groups excluding carboxylic acids is 1. The number of aromatic nitrogens is 3. The topological polar surface area (TPSA) is 79.0 Å². The minimum absolute atomic E-state index is 0.158. The summed E-state index contributed by atoms with van der Waals surface area (Å²) in [7, 11) is 0. The summed E-state index contributed by atoms with van der Waals surface area (Å²) in [5.74, 6) is 0.173. The lowest BCUT2D eigenvalue weighted by molar-refractivity contribution is -0.129. The molecule has 1 fully saturated rings. The molecule has 21 heavy (non-hydrogen) atoms. The smallest absolute Gasteiger partial charge is 0.224 e. The quantitative estimate of drug-likeness (QED) is 0.843. The van der Waals surface area contributed by atoms with Gasteiger partial charge in [0.25, 0.3) is 0 Å². The van der Waals surface area contributed by atoms with Crippen LogP contribution in [0.2, 0.25) is 0 Å². The van der Waals surface area contributed by atoms with Gasteiger partial charge >= 0.3 is 0 Å². The number of likely N-dealkylation sites (tertiary alicyclic amines) is 1. The summed E-state index contributed by atoms with van der Waals surface area (Å²) >= 11 is 0. The second-order valence-corrected chi connectivity index (χ2v) is 5.28. The summed E-state index contributed by atoms with van der Waals surface area (Å²) in [5.41, 5.74) is 1.83. The van der Waals surface area contributed by atoms with E-state index in [1.807, 2.05) is 34.2 Å². The number of benzene rings is 1. The molecule has 1 aromatic heterocycles. The lowest BCUT2D eigenvalue weighted by Crippen LogP contribution is -2.38. The number of para-hydroxylation sites is 1. The van der Waals surface area contributed by atoms with Crippen molar-refractivity contribution in [1.82, 2.24) is 24.9 Å². The Morgan fingerprint density at radius 3 is 3.05 bits per heavy atom. The van der Waals surface area contributed by atoms with Gasteiger partial charge in [-0.1, -0.05) is 22.6 Å². The fourth-order valence-electron chi connectivity index (χ4n) is 2.80. The molecule has 0 N–H and O–H groups in total. The monoisotopic (exact) mass is 285 g/mol. The minimum atomic E-state index is -0.158. The van der Waals surface area contributed by atoms with E-state index in [-0.39, 0.29) is 12.1 Å². The normalized spacial score (nSPS) is 21.9. The third-order valence-electron chi connectivity index (χ3n) is 3.87. The first-order chi connectivity index (χ1) is 10.3. The maximum Gasteiger partial charge on any atom is 0.224 e. The standard InChI is InChI=1S/C13H15N7O/c21-13-6-3-7-19(13)12-8-18(16-15-12)9-20-11-5-2-1-4-10(11)14-17-20/h1-2,4-5,12H,3,6-9H2. The number of amides is 1. The maximum atomic E-state index is 11.7. The highest BCUT2D eigenvalue weighted by molar-refractivity contribution is 5.78. The van der Waals surface area contributed by atoms with Crippen molar-refractivity contribution in [1.29, 1.82) is 0 Å². The number of hydrogen-bond donors (Lipinski definition) is 0. The molecule has 1 atom stereocenters. The van der Waals surface area contributed by atoms with Crippen LogP contribution in [0.15, 0.2) is 34.6 Å². The van der Waals surface area contributed by atoms with Gasteiger partial charge in [0, 0.05) is 13.0 Å². The minimum Gasteiger partial charge on any atom is -0.317 e. The fourth-order valence-corrected chi connectivity index (χ4v) is 2.80. The van der Waals surface area contributed by atoms with E-state index < -0.39 is 0 Å². The van der Waals surface area contributed by atoms with Crippen molar-refractivity contribution >= 4 is 16.9 Å². The second-order valence-electron chi connectivity index (χ2n) is 5.28. The summed E-state index contributed by atoms with van der Waals surface area (Å²) in [6.07, 6.45) is 1.38. The van der Waals surface area contributed by atoms with Gasteiger partial charge in [-0.25, -0.2) is 4.68 Å². The number of hydrogen-bond acceptors (Lipinski definition) is 6. The molecule has 1 aromatic carbocycles. The lowest BCUT2D eigenvalue weighted by Gasteiger charge is -2.21. The summed E-state index contributed by atoms with van der Waals surface area (Å²) in [6.45, 7) is 1.88. The molecule has 2 aliphatic rings. The highest BCUT2D eigenvalue weighted by Gasteiger charge is 2.32.